The van der Waals surface area contributed by atoms with Crippen molar-refractivity contribution in [3.63, 3.8) is 0 Å². The summed E-state index contributed by atoms with van der Waals surface area (Å²) < 4.78 is 1.81. The quantitative estimate of drug-likeness (QED) is 0.464. The van der Waals surface area contributed by atoms with Gasteiger partial charge in [0, 0.05) is 5.56 Å². The molecule has 1 aromatic heterocycles. The molecule has 0 radical (unpaired) electrons. The van der Waals surface area contributed by atoms with Gasteiger partial charge in [-0.3, -0.25) is 4.79 Å². The second kappa shape index (κ2) is 7.04. The van der Waals surface area contributed by atoms with E-state index in [0.717, 1.165) is 22.2 Å². The summed E-state index contributed by atoms with van der Waals surface area (Å²) in [4.78, 5) is 14.0. The third kappa shape index (κ3) is 2.73. The lowest BCUT2D eigenvalue weighted by Crippen LogP contribution is -2.48. The Bertz CT molecular complexity index is 1110. The molecule has 0 aliphatic carbocycles. The lowest BCUT2D eigenvalue weighted by Gasteiger charge is -2.37. The lowest BCUT2D eigenvalue weighted by molar-refractivity contribution is 0.0775. The summed E-state index contributed by atoms with van der Waals surface area (Å²) >= 11 is 0. The second-order valence-electron chi connectivity index (χ2n) is 7.47. The van der Waals surface area contributed by atoms with E-state index in [4.69, 9.17) is 0 Å². The summed E-state index contributed by atoms with van der Waals surface area (Å²) in [6, 6.07) is 25.4. The van der Waals surface area contributed by atoms with Crippen LogP contribution in [0.15, 0.2) is 78.9 Å². The molecule has 1 atom stereocenters. The van der Waals surface area contributed by atoms with Crippen molar-refractivity contribution in [1.29, 1.82) is 0 Å². The van der Waals surface area contributed by atoms with E-state index in [1.54, 1.807) is 0 Å². The van der Waals surface area contributed by atoms with Gasteiger partial charge in [0.15, 0.2) is 11.3 Å². The number of para-hydroxylation sites is 1. The molecule has 0 aliphatic rings. The van der Waals surface area contributed by atoms with Gasteiger partial charge in [0.1, 0.15) is 5.52 Å². The van der Waals surface area contributed by atoms with E-state index in [9.17, 15) is 4.79 Å². The number of aromatic nitrogens is 3. The summed E-state index contributed by atoms with van der Waals surface area (Å²) in [5.74, 6) is -0.0318. The van der Waals surface area contributed by atoms with Crippen molar-refractivity contribution in [2.45, 2.75) is 26.3 Å². The van der Waals surface area contributed by atoms with Crippen molar-refractivity contribution in [3.05, 3.63) is 95.6 Å². The molecule has 4 heteroatoms. The highest BCUT2D eigenvalue weighted by molar-refractivity contribution is 6.05. The molecule has 0 saturated carbocycles. The number of carbonyl (C=O) groups is 1. The third-order valence-corrected chi connectivity index (χ3v) is 5.40. The molecule has 140 valence electrons. The number of carbonyl (C=O) groups excluding carboxylic acids is 1. The molecule has 0 bridgehead atoms. The molecule has 0 N–H and O–H groups in total. The Morgan fingerprint density at radius 3 is 2.21 bits per heavy atom. The van der Waals surface area contributed by atoms with E-state index in [1.807, 2.05) is 90.5 Å². The number of hydrogen-bond acceptors (Lipinski definition) is 3. The van der Waals surface area contributed by atoms with Crippen LogP contribution in [0.1, 0.15) is 35.3 Å². The third-order valence-electron chi connectivity index (χ3n) is 5.40. The fourth-order valence-corrected chi connectivity index (χ4v) is 3.94. The van der Waals surface area contributed by atoms with E-state index in [2.05, 4.69) is 24.2 Å². The Kier molecular flexibility index (Phi) is 4.55. The maximum Gasteiger partial charge on any atom is 0.195 e. The number of Topliss-reactive ketones (excluding diaryl/α,β-unsaturated/α-hetero) is 1. The number of ketones is 1. The van der Waals surface area contributed by atoms with Gasteiger partial charge < -0.3 is 0 Å². The Morgan fingerprint density at radius 1 is 0.893 bits per heavy atom. The first-order valence-corrected chi connectivity index (χ1v) is 9.53. The van der Waals surface area contributed by atoms with Gasteiger partial charge in [-0.1, -0.05) is 91.4 Å². The molecule has 0 fully saturated rings. The SMILES string of the molecule is Cc1ccc(C(C(=O)c2ccccc2)(C(C)C)n2nnc3ccccc32)cc1. The molecular formula is C24H23N3O. The van der Waals surface area contributed by atoms with Crippen molar-refractivity contribution in [2.24, 2.45) is 5.92 Å². The van der Waals surface area contributed by atoms with E-state index in [1.165, 1.54) is 0 Å². The zero-order valence-corrected chi connectivity index (χ0v) is 16.3. The number of benzene rings is 3. The maximum absolute atomic E-state index is 14.0. The number of hydrogen-bond donors (Lipinski definition) is 0. The average Bonchev–Trinajstić information content (AvgIpc) is 3.15. The summed E-state index contributed by atoms with van der Waals surface area (Å²) in [6.45, 7) is 6.18. The minimum atomic E-state index is -0.995. The fraction of sp³-hybridized carbons (Fsp3) is 0.208. The van der Waals surface area contributed by atoms with Gasteiger partial charge >= 0.3 is 0 Å². The largest absolute Gasteiger partial charge is 0.291 e. The normalized spacial score (nSPS) is 13.6. The maximum atomic E-state index is 14.0. The predicted octanol–water partition coefficient (Wildman–Crippen LogP) is 5.02. The zero-order chi connectivity index (χ0) is 19.7. The van der Waals surface area contributed by atoms with Gasteiger partial charge in [-0.15, -0.1) is 5.10 Å². The summed E-state index contributed by atoms with van der Waals surface area (Å²) in [5.41, 5.74) is 3.36. The molecule has 4 aromatic rings. The van der Waals surface area contributed by atoms with Crippen LogP contribution < -0.4 is 0 Å². The molecule has 0 aliphatic heterocycles. The van der Waals surface area contributed by atoms with E-state index in [-0.39, 0.29) is 11.7 Å². The van der Waals surface area contributed by atoms with Crippen molar-refractivity contribution < 1.29 is 4.79 Å². The van der Waals surface area contributed by atoms with Gasteiger partial charge in [-0.25, -0.2) is 4.68 Å². The van der Waals surface area contributed by atoms with Crippen molar-refractivity contribution >= 4 is 16.8 Å². The molecule has 0 saturated heterocycles. The standard InChI is InChI=1S/C24H23N3O/c1-17(2)24(20-15-13-18(3)14-16-20,23(28)19-9-5-4-6-10-19)27-22-12-8-7-11-21(22)25-26-27/h4-17H,1-3H3. The number of aryl methyl sites for hydroxylation is 1. The topological polar surface area (TPSA) is 47.8 Å². The predicted molar refractivity (Wildman–Crippen MR) is 111 cm³/mol. The summed E-state index contributed by atoms with van der Waals surface area (Å²) in [6.07, 6.45) is 0. The molecule has 28 heavy (non-hydrogen) atoms. The number of nitrogens with zero attached hydrogens (tertiary/aromatic N) is 3. The highest BCUT2D eigenvalue weighted by Crippen LogP contribution is 2.39. The van der Waals surface area contributed by atoms with E-state index in [0.29, 0.717) is 5.56 Å². The first-order chi connectivity index (χ1) is 13.5. The molecule has 4 nitrogen and oxygen atoms in total. The molecule has 1 heterocycles. The van der Waals surface area contributed by atoms with Crippen LogP contribution in [-0.4, -0.2) is 20.8 Å². The van der Waals surface area contributed by atoms with Crippen LogP contribution >= 0.6 is 0 Å². The van der Waals surface area contributed by atoms with Crippen LogP contribution in [0.25, 0.3) is 11.0 Å². The molecule has 1 unspecified atom stereocenters. The molecule has 0 amide bonds. The summed E-state index contributed by atoms with van der Waals surface area (Å²) in [7, 11) is 0. The molecule has 0 spiro atoms. The molecule has 4 rings (SSSR count). The van der Waals surface area contributed by atoms with Crippen LogP contribution in [0, 0.1) is 12.8 Å². The van der Waals surface area contributed by atoms with Gasteiger partial charge in [-0.05, 0) is 30.5 Å². The van der Waals surface area contributed by atoms with Gasteiger partial charge in [0.25, 0.3) is 0 Å². The van der Waals surface area contributed by atoms with Crippen LogP contribution in [0.3, 0.4) is 0 Å². The van der Waals surface area contributed by atoms with Gasteiger partial charge in [0.05, 0.1) is 5.52 Å². The van der Waals surface area contributed by atoms with Crippen molar-refractivity contribution in [1.82, 2.24) is 15.0 Å². The monoisotopic (exact) mass is 369 g/mol. The second-order valence-corrected chi connectivity index (χ2v) is 7.47. The van der Waals surface area contributed by atoms with Gasteiger partial charge in [-0.2, -0.15) is 0 Å². The minimum Gasteiger partial charge on any atom is -0.291 e. The average molecular weight is 369 g/mol. The highest BCUT2D eigenvalue weighted by atomic mass is 16.1. The van der Waals surface area contributed by atoms with E-state index >= 15 is 0 Å². The molecular weight excluding hydrogens is 346 g/mol. The lowest BCUT2D eigenvalue weighted by atomic mass is 9.74. The molecule has 3 aromatic carbocycles. The van der Waals surface area contributed by atoms with Crippen LogP contribution in [0.2, 0.25) is 0 Å². The van der Waals surface area contributed by atoms with Gasteiger partial charge in [0.2, 0.25) is 0 Å². The smallest absolute Gasteiger partial charge is 0.195 e. The Hall–Kier alpha value is -3.27. The Balaban J connectivity index is 2.07. The Labute approximate surface area is 164 Å². The van der Waals surface area contributed by atoms with Crippen molar-refractivity contribution in [3.8, 4) is 0 Å². The van der Waals surface area contributed by atoms with Crippen LogP contribution in [0.5, 0.6) is 0 Å². The van der Waals surface area contributed by atoms with Crippen LogP contribution in [0.4, 0.5) is 0 Å². The summed E-state index contributed by atoms with van der Waals surface area (Å²) in [5, 5.41) is 8.83. The number of rotatable bonds is 5. The highest BCUT2D eigenvalue weighted by Gasteiger charge is 2.47. The van der Waals surface area contributed by atoms with Crippen molar-refractivity contribution in [2.75, 3.05) is 0 Å². The first-order valence-electron chi connectivity index (χ1n) is 9.53. The minimum absolute atomic E-state index is 0.0163. The fourth-order valence-electron chi connectivity index (χ4n) is 3.94. The zero-order valence-electron chi connectivity index (χ0n) is 16.3. The van der Waals surface area contributed by atoms with Crippen LogP contribution in [-0.2, 0) is 5.54 Å². The first kappa shape index (κ1) is 18.1. The van der Waals surface area contributed by atoms with E-state index < -0.39 is 5.54 Å². The Morgan fingerprint density at radius 2 is 1.54 bits per heavy atom. The number of fused-ring (bicyclic) bond motifs is 1.